The fourth-order valence-electron chi connectivity index (χ4n) is 2.90. The van der Waals surface area contributed by atoms with Crippen molar-refractivity contribution in [2.45, 2.75) is 12.6 Å². The van der Waals surface area contributed by atoms with Crippen molar-refractivity contribution in [1.29, 1.82) is 0 Å². The Bertz CT molecular complexity index is 978. The van der Waals surface area contributed by atoms with Gasteiger partial charge in [0.25, 0.3) is 5.69 Å². The SMILES string of the molecule is O=C1CN(C(=O)CCNc2ccc(C(F)(F)F)cc2[N+](=O)[O-])c2ccccc2N1. The lowest BCUT2D eigenvalue weighted by atomic mass is 10.1. The molecule has 0 bridgehead atoms. The van der Waals surface area contributed by atoms with E-state index in [1.807, 2.05) is 0 Å². The molecule has 0 aromatic heterocycles. The van der Waals surface area contributed by atoms with E-state index in [4.69, 9.17) is 0 Å². The zero-order chi connectivity index (χ0) is 21.2. The summed E-state index contributed by atoms with van der Waals surface area (Å²) in [4.78, 5) is 35.8. The summed E-state index contributed by atoms with van der Waals surface area (Å²) in [6.07, 6.45) is -4.83. The highest BCUT2D eigenvalue weighted by Crippen LogP contribution is 2.35. The molecular weight excluding hydrogens is 393 g/mol. The summed E-state index contributed by atoms with van der Waals surface area (Å²) in [6.45, 7) is -0.235. The molecule has 2 amide bonds. The van der Waals surface area contributed by atoms with Crippen LogP contribution in [0.25, 0.3) is 0 Å². The van der Waals surface area contributed by atoms with Gasteiger partial charge in [-0.15, -0.1) is 0 Å². The minimum Gasteiger partial charge on any atom is -0.379 e. The van der Waals surface area contributed by atoms with E-state index in [1.165, 1.54) is 4.90 Å². The molecule has 0 unspecified atom stereocenters. The molecule has 0 saturated heterocycles. The Morgan fingerprint density at radius 3 is 2.66 bits per heavy atom. The van der Waals surface area contributed by atoms with Crippen LogP contribution in [0.3, 0.4) is 0 Å². The molecular formula is C18H15F3N4O4. The summed E-state index contributed by atoms with van der Waals surface area (Å²) in [6, 6.07) is 8.85. The van der Waals surface area contributed by atoms with Crippen LogP contribution >= 0.6 is 0 Å². The fraction of sp³-hybridized carbons (Fsp3) is 0.222. The number of nitro groups is 1. The quantitative estimate of drug-likeness (QED) is 0.583. The number of carbonyl (C=O) groups is 2. The lowest BCUT2D eigenvalue weighted by Crippen LogP contribution is -2.42. The highest BCUT2D eigenvalue weighted by Gasteiger charge is 2.33. The number of rotatable bonds is 5. The number of alkyl halides is 3. The van der Waals surface area contributed by atoms with Crippen LogP contribution in [-0.4, -0.2) is 29.8 Å². The first-order chi connectivity index (χ1) is 13.7. The van der Waals surface area contributed by atoms with Gasteiger partial charge in [-0.1, -0.05) is 12.1 Å². The summed E-state index contributed by atoms with van der Waals surface area (Å²) in [5.41, 5.74) is -0.995. The van der Waals surface area contributed by atoms with E-state index in [-0.39, 0.29) is 31.1 Å². The second-order valence-corrected chi connectivity index (χ2v) is 6.21. The van der Waals surface area contributed by atoms with E-state index in [0.717, 1.165) is 12.1 Å². The highest BCUT2D eigenvalue weighted by atomic mass is 19.4. The van der Waals surface area contributed by atoms with Crippen LogP contribution in [0.1, 0.15) is 12.0 Å². The number of fused-ring (bicyclic) bond motifs is 1. The van der Waals surface area contributed by atoms with Gasteiger partial charge < -0.3 is 15.5 Å². The van der Waals surface area contributed by atoms with Crippen LogP contribution in [0, 0.1) is 10.1 Å². The number of anilines is 3. The van der Waals surface area contributed by atoms with Gasteiger partial charge in [-0.25, -0.2) is 0 Å². The predicted octanol–water partition coefficient (Wildman–Crippen LogP) is 3.40. The summed E-state index contributed by atoms with van der Waals surface area (Å²) < 4.78 is 38.3. The Morgan fingerprint density at radius 1 is 1.24 bits per heavy atom. The average Bonchev–Trinajstić information content (AvgIpc) is 2.66. The molecule has 1 aliphatic heterocycles. The van der Waals surface area contributed by atoms with Crippen molar-refractivity contribution in [3.05, 3.63) is 58.1 Å². The maximum atomic E-state index is 12.8. The van der Waals surface area contributed by atoms with Crippen LogP contribution in [-0.2, 0) is 15.8 Å². The number of amides is 2. The number of nitrogens with zero attached hydrogens (tertiary/aromatic N) is 2. The van der Waals surface area contributed by atoms with E-state index in [1.54, 1.807) is 24.3 Å². The van der Waals surface area contributed by atoms with Crippen molar-refractivity contribution in [1.82, 2.24) is 0 Å². The Labute approximate surface area is 162 Å². The van der Waals surface area contributed by atoms with Crippen LogP contribution < -0.4 is 15.5 Å². The number of nitrogens with one attached hydrogen (secondary N) is 2. The second kappa shape index (κ2) is 7.78. The molecule has 2 aromatic rings. The van der Waals surface area contributed by atoms with Gasteiger partial charge in [0.1, 0.15) is 12.2 Å². The number of carbonyl (C=O) groups excluding carboxylic acids is 2. The molecule has 0 radical (unpaired) electrons. The third kappa shape index (κ3) is 4.45. The van der Waals surface area contributed by atoms with Crippen molar-refractivity contribution in [2.24, 2.45) is 0 Å². The maximum Gasteiger partial charge on any atom is 0.416 e. The van der Waals surface area contributed by atoms with Gasteiger partial charge in [0, 0.05) is 19.0 Å². The van der Waals surface area contributed by atoms with Crippen LogP contribution in [0.5, 0.6) is 0 Å². The third-order valence-corrected chi connectivity index (χ3v) is 4.25. The number of nitro benzene ring substituents is 1. The molecule has 0 spiro atoms. The molecule has 0 fully saturated rings. The normalized spacial score (nSPS) is 13.5. The van der Waals surface area contributed by atoms with Crippen LogP contribution in [0.15, 0.2) is 42.5 Å². The Hall–Kier alpha value is -3.63. The Balaban J connectivity index is 1.70. The molecule has 0 aliphatic carbocycles. The summed E-state index contributed by atoms with van der Waals surface area (Å²) in [5, 5.41) is 16.4. The standard InChI is InChI=1S/C18H15F3N4O4/c19-18(20,21)11-5-6-12(15(9-11)25(28)29)22-8-7-17(27)24-10-16(26)23-13-3-1-2-4-14(13)24/h1-6,9,22H,7-8,10H2,(H,23,26). The molecule has 2 aromatic carbocycles. The second-order valence-electron chi connectivity index (χ2n) is 6.21. The molecule has 0 atom stereocenters. The summed E-state index contributed by atoms with van der Waals surface area (Å²) >= 11 is 0. The van der Waals surface area contributed by atoms with Crippen LogP contribution in [0.2, 0.25) is 0 Å². The van der Waals surface area contributed by atoms with Gasteiger partial charge in [-0.05, 0) is 24.3 Å². The summed E-state index contributed by atoms with van der Waals surface area (Å²) in [7, 11) is 0. The maximum absolute atomic E-state index is 12.8. The number of para-hydroxylation sites is 2. The molecule has 3 rings (SSSR count). The van der Waals surface area contributed by atoms with Gasteiger partial charge >= 0.3 is 6.18 Å². The average molecular weight is 408 g/mol. The first kappa shape index (κ1) is 20.1. The molecule has 1 heterocycles. The number of hydrogen-bond acceptors (Lipinski definition) is 5. The monoisotopic (exact) mass is 408 g/mol. The van der Waals surface area contributed by atoms with Gasteiger partial charge in [0.15, 0.2) is 0 Å². The zero-order valence-electron chi connectivity index (χ0n) is 14.8. The molecule has 11 heteroatoms. The van der Waals surface area contributed by atoms with Crippen molar-refractivity contribution < 1.29 is 27.7 Å². The van der Waals surface area contributed by atoms with Crippen molar-refractivity contribution in [3.63, 3.8) is 0 Å². The molecule has 2 N–H and O–H groups in total. The van der Waals surface area contributed by atoms with Crippen molar-refractivity contribution in [2.75, 3.05) is 28.6 Å². The number of hydrogen-bond donors (Lipinski definition) is 2. The first-order valence-electron chi connectivity index (χ1n) is 8.45. The molecule has 152 valence electrons. The van der Waals surface area contributed by atoms with Crippen LogP contribution in [0.4, 0.5) is 35.9 Å². The van der Waals surface area contributed by atoms with E-state index in [2.05, 4.69) is 10.6 Å². The van der Waals surface area contributed by atoms with Gasteiger partial charge in [0.2, 0.25) is 11.8 Å². The molecule has 0 saturated carbocycles. The van der Waals surface area contributed by atoms with E-state index >= 15 is 0 Å². The number of halogens is 3. The topological polar surface area (TPSA) is 105 Å². The minimum absolute atomic E-state index is 0.0642. The molecule has 29 heavy (non-hydrogen) atoms. The Kier molecular flexibility index (Phi) is 5.39. The lowest BCUT2D eigenvalue weighted by Gasteiger charge is -2.29. The van der Waals surface area contributed by atoms with Gasteiger partial charge in [0.05, 0.1) is 21.9 Å². The first-order valence-corrected chi connectivity index (χ1v) is 8.45. The summed E-state index contributed by atoms with van der Waals surface area (Å²) in [5.74, 6) is -0.766. The predicted molar refractivity (Wildman–Crippen MR) is 98.6 cm³/mol. The Morgan fingerprint density at radius 2 is 1.97 bits per heavy atom. The molecule has 1 aliphatic rings. The fourth-order valence-corrected chi connectivity index (χ4v) is 2.90. The van der Waals surface area contributed by atoms with Crippen molar-refractivity contribution in [3.8, 4) is 0 Å². The molecule has 8 nitrogen and oxygen atoms in total. The smallest absolute Gasteiger partial charge is 0.379 e. The van der Waals surface area contributed by atoms with Gasteiger partial charge in [-0.2, -0.15) is 13.2 Å². The lowest BCUT2D eigenvalue weighted by molar-refractivity contribution is -0.384. The largest absolute Gasteiger partial charge is 0.416 e. The van der Waals surface area contributed by atoms with Gasteiger partial charge in [-0.3, -0.25) is 19.7 Å². The van der Waals surface area contributed by atoms with Crippen molar-refractivity contribution >= 4 is 34.6 Å². The van der Waals surface area contributed by atoms with E-state index in [0.29, 0.717) is 17.4 Å². The third-order valence-electron chi connectivity index (χ3n) is 4.25. The van der Waals surface area contributed by atoms with E-state index < -0.39 is 28.3 Å². The van der Waals surface area contributed by atoms with E-state index in [9.17, 15) is 32.9 Å². The minimum atomic E-state index is -4.71. The number of benzene rings is 2. The highest BCUT2D eigenvalue weighted by molar-refractivity contribution is 6.09. The zero-order valence-corrected chi connectivity index (χ0v) is 14.8.